The van der Waals surface area contributed by atoms with E-state index in [4.69, 9.17) is 9.16 Å². The molecule has 1 aromatic carbocycles. The third kappa shape index (κ3) is 5.65. The first-order valence-corrected chi connectivity index (χ1v) is 12.1. The molecule has 0 radical (unpaired) electrons. The number of ketones is 1. The van der Waals surface area contributed by atoms with Crippen LogP contribution < -0.4 is 0 Å². The highest BCUT2D eigenvalue weighted by molar-refractivity contribution is 6.69. The van der Waals surface area contributed by atoms with E-state index >= 15 is 0 Å². The van der Waals surface area contributed by atoms with Crippen molar-refractivity contribution in [2.45, 2.75) is 64.5 Å². The number of rotatable bonds is 5. The summed E-state index contributed by atoms with van der Waals surface area (Å²) in [5, 5.41) is 0. The fourth-order valence-electron chi connectivity index (χ4n) is 2.70. The molecule has 0 N–H and O–H groups in total. The molecule has 1 aliphatic rings. The zero-order valence-electron chi connectivity index (χ0n) is 16.0. The van der Waals surface area contributed by atoms with Crippen LogP contribution in [0, 0.1) is 0 Å². The Bertz CT molecular complexity index is 662. The zero-order chi connectivity index (χ0) is 18.8. The van der Waals surface area contributed by atoms with Gasteiger partial charge in [-0.15, -0.1) is 0 Å². The van der Waals surface area contributed by atoms with Crippen molar-refractivity contribution in [2.24, 2.45) is 0 Å². The highest BCUT2D eigenvalue weighted by atomic mass is 28.4. The highest BCUT2D eigenvalue weighted by Gasteiger charge is 2.36. The summed E-state index contributed by atoms with van der Waals surface area (Å²) in [5.41, 5.74) is 1.86. The Morgan fingerprint density at radius 1 is 1.20 bits per heavy atom. The summed E-state index contributed by atoms with van der Waals surface area (Å²) in [5.74, 6) is -0.380. The molecule has 1 aromatic rings. The van der Waals surface area contributed by atoms with E-state index in [1.165, 1.54) is 11.6 Å². The lowest BCUT2D eigenvalue weighted by Crippen LogP contribution is -2.35. The van der Waals surface area contributed by atoms with Crippen LogP contribution in [0.4, 0.5) is 0 Å². The molecule has 4 nitrogen and oxygen atoms in total. The van der Waals surface area contributed by atoms with Crippen molar-refractivity contribution in [3.05, 3.63) is 47.5 Å². The number of esters is 1. The Balaban J connectivity index is 2.07. The number of benzene rings is 1. The Morgan fingerprint density at radius 3 is 2.32 bits per heavy atom. The number of carbonyl (C=O) groups excluding carboxylic acids is 2. The molecule has 1 saturated heterocycles. The van der Waals surface area contributed by atoms with E-state index in [2.05, 4.69) is 40.4 Å². The molecule has 0 spiro atoms. The van der Waals surface area contributed by atoms with Gasteiger partial charge in [0.25, 0.3) is 0 Å². The molecule has 0 unspecified atom stereocenters. The van der Waals surface area contributed by atoms with E-state index in [9.17, 15) is 9.59 Å². The minimum absolute atomic E-state index is 0.0525. The van der Waals surface area contributed by atoms with Crippen molar-refractivity contribution in [2.75, 3.05) is 0 Å². The number of cyclic esters (lactones) is 1. The van der Waals surface area contributed by atoms with Gasteiger partial charge in [-0.1, -0.05) is 45.0 Å². The van der Waals surface area contributed by atoms with Gasteiger partial charge in [0.05, 0.1) is 12.5 Å². The molecule has 0 saturated carbocycles. The lowest BCUT2D eigenvalue weighted by molar-refractivity contribution is -0.140. The third-order valence-electron chi connectivity index (χ3n) is 3.98. The average Bonchev–Trinajstić information content (AvgIpc) is 2.81. The maximum Gasteiger partial charge on any atom is 0.309 e. The summed E-state index contributed by atoms with van der Waals surface area (Å²) >= 11 is 0. The van der Waals surface area contributed by atoms with Crippen molar-refractivity contribution in [1.29, 1.82) is 0 Å². The van der Waals surface area contributed by atoms with Gasteiger partial charge in [-0.2, -0.15) is 0 Å². The SMILES string of the molecule is CC(C)(C)c1ccc(C(=O)/C=C/[C@H]2OC(=O)C[C@H]2O[Si](C)(C)C)cc1. The normalized spacial score (nSPS) is 21.6. The van der Waals surface area contributed by atoms with Gasteiger partial charge in [-0.3, -0.25) is 9.59 Å². The zero-order valence-corrected chi connectivity index (χ0v) is 17.0. The van der Waals surface area contributed by atoms with E-state index in [1.807, 2.05) is 24.3 Å². The fourth-order valence-corrected chi connectivity index (χ4v) is 3.82. The molecule has 0 aromatic heterocycles. The van der Waals surface area contributed by atoms with Crippen molar-refractivity contribution in [1.82, 2.24) is 0 Å². The standard InChI is InChI=1S/C20H28O4Si/c1-20(2,3)15-9-7-14(8-10-15)16(21)11-12-17-18(13-19(22)23-17)24-25(4,5)6/h7-12,17-18H,13H2,1-6H3/b12-11+/t17-,18-/m1/s1. The summed E-state index contributed by atoms with van der Waals surface area (Å²) in [6, 6.07) is 7.63. The molecular weight excluding hydrogens is 332 g/mol. The third-order valence-corrected chi connectivity index (χ3v) is 4.99. The van der Waals surface area contributed by atoms with Crippen LogP contribution in [0.1, 0.15) is 43.1 Å². The summed E-state index contributed by atoms with van der Waals surface area (Å²) in [6.07, 6.45) is 2.59. The van der Waals surface area contributed by atoms with Gasteiger partial charge in [-0.25, -0.2) is 0 Å². The smallest absolute Gasteiger partial charge is 0.309 e. The van der Waals surface area contributed by atoms with Gasteiger partial charge in [-0.05, 0) is 42.8 Å². The first kappa shape index (κ1) is 19.6. The van der Waals surface area contributed by atoms with E-state index in [0.717, 1.165) is 0 Å². The number of ether oxygens (including phenoxy) is 1. The summed E-state index contributed by atoms with van der Waals surface area (Å²) in [4.78, 5) is 24.0. The van der Waals surface area contributed by atoms with Crippen molar-refractivity contribution in [3.8, 4) is 0 Å². The van der Waals surface area contributed by atoms with Gasteiger partial charge >= 0.3 is 5.97 Å². The number of allylic oxidation sites excluding steroid dienone is 1. The molecule has 5 heteroatoms. The molecule has 2 rings (SSSR count). The van der Waals surface area contributed by atoms with Crippen LogP contribution in [-0.4, -0.2) is 32.3 Å². The molecule has 136 valence electrons. The highest BCUT2D eigenvalue weighted by Crippen LogP contribution is 2.24. The van der Waals surface area contributed by atoms with Gasteiger partial charge in [0.2, 0.25) is 0 Å². The first-order chi connectivity index (χ1) is 11.5. The van der Waals surface area contributed by atoms with E-state index in [-0.39, 0.29) is 29.7 Å². The van der Waals surface area contributed by atoms with Crippen LogP contribution in [0.25, 0.3) is 0 Å². The Hall–Kier alpha value is -1.72. The molecular formula is C20H28O4Si. The Morgan fingerprint density at radius 2 is 1.80 bits per heavy atom. The lowest BCUT2D eigenvalue weighted by atomic mass is 9.86. The molecule has 2 atom stereocenters. The second kappa shape index (κ2) is 7.26. The summed E-state index contributed by atoms with van der Waals surface area (Å²) in [6.45, 7) is 12.6. The topological polar surface area (TPSA) is 52.6 Å². The van der Waals surface area contributed by atoms with Gasteiger partial charge in [0.1, 0.15) is 6.10 Å². The molecule has 1 aliphatic heterocycles. The number of hydrogen-bond acceptors (Lipinski definition) is 4. The maximum atomic E-state index is 12.4. The quantitative estimate of drug-likeness (QED) is 0.341. The second-order valence-electron chi connectivity index (χ2n) is 8.48. The van der Waals surface area contributed by atoms with Crippen LogP contribution in [0.5, 0.6) is 0 Å². The van der Waals surface area contributed by atoms with Crippen LogP contribution >= 0.6 is 0 Å². The maximum absolute atomic E-state index is 12.4. The second-order valence-corrected chi connectivity index (χ2v) is 12.9. The van der Waals surface area contributed by atoms with Crippen LogP contribution in [0.2, 0.25) is 19.6 Å². The van der Waals surface area contributed by atoms with Crippen molar-refractivity contribution < 1.29 is 18.8 Å². The van der Waals surface area contributed by atoms with Crippen LogP contribution in [0.3, 0.4) is 0 Å². The molecule has 0 bridgehead atoms. The van der Waals surface area contributed by atoms with Gasteiger partial charge in [0.15, 0.2) is 14.1 Å². The Labute approximate surface area is 151 Å². The molecule has 25 heavy (non-hydrogen) atoms. The molecule has 1 heterocycles. The van der Waals surface area contributed by atoms with E-state index in [1.54, 1.807) is 6.08 Å². The predicted octanol–water partition coefficient (Wildman–Crippen LogP) is 4.26. The minimum atomic E-state index is -1.79. The molecule has 0 aliphatic carbocycles. The molecule has 0 amide bonds. The number of hydrogen-bond donors (Lipinski definition) is 0. The predicted molar refractivity (Wildman–Crippen MR) is 101 cm³/mol. The van der Waals surface area contributed by atoms with Gasteiger partial charge < -0.3 is 9.16 Å². The summed E-state index contributed by atoms with van der Waals surface area (Å²) in [7, 11) is -1.79. The van der Waals surface area contributed by atoms with E-state index < -0.39 is 14.4 Å². The molecule has 1 fully saturated rings. The monoisotopic (exact) mass is 360 g/mol. The Kier molecular flexibility index (Phi) is 5.69. The number of carbonyl (C=O) groups is 2. The van der Waals surface area contributed by atoms with Crippen molar-refractivity contribution >= 4 is 20.1 Å². The van der Waals surface area contributed by atoms with Crippen LogP contribution in [0.15, 0.2) is 36.4 Å². The first-order valence-electron chi connectivity index (χ1n) is 8.66. The van der Waals surface area contributed by atoms with Crippen molar-refractivity contribution in [3.63, 3.8) is 0 Å². The van der Waals surface area contributed by atoms with Gasteiger partial charge in [0, 0.05) is 5.56 Å². The van der Waals surface area contributed by atoms with Crippen LogP contribution in [-0.2, 0) is 19.4 Å². The lowest BCUT2D eigenvalue weighted by Gasteiger charge is -2.24. The largest absolute Gasteiger partial charge is 0.455 e. The summed E-state index contributed by atoms with van der Waals surface area (Å²) < 4.78 is 11.3. The van der Waals surface area contributed by atoms with E-state index in [0.29, 0.717) is 5.56 Å². The average molecular weight is 361 g/mol. The fraction of sp³-hybridized carbons (Fsp3) is 0.500. The minimum Gasteiger partial charge on any atom is -0.455 e.